The molecule has 0 aliphatic rings. The summed E-state index contributed by atoms with van der Waals surface area (Å²) in [5, 5.41) is 14.4. The van der Waals surface area contributed by atoms with Crippen molar-refractivity contribution in [1.82, 2.24) is 24.4 Å². The number of nitrogens with one attached hydrogen (secondary N) is 1. The molecule has 0 radical (unpaired) electrons. The van der Waals surface area contributed by atoms with Crippen molar-refractivity contribution in [3.63, 3.8) is 0 Å². The Kier molecular flexibility index (Phi) is 3.27. The van der Waals surface area contributed by atoms with Gasteiger partial charge in [0, 0.05) is 6.20 Å². The molecule has 7 nitrogen and oxygen atoms in total. The van der Waals surface area contributed by atoms with Crippen LogP contribution in [0.1, 0.15) is 10.4 Å². The van der Waals surface area contributed by atoms with Gasteiger partial charge in [-0.15, -0.1) is 10.2 Å². The normalized spacial score (nSPS) is 10.9. The highest BCUT2D eigenvalue weighted by molar-refractivity contribution is 6.04. The second-order valence-electron chi connectivity index (χ2n) is 5.09. The first kappa shape index (κ1) is 14.1. The average Bonchev–Trinajstić information content (AvgIpc) is 3.23. The quantitative estimate of drug-likeness (QED) is 0.628. The number of hydrogen-bond acceptors (Lipinski definition) is 4. The van der Waals surface area contributed by atoms with E-state index in [9.17, 15) is 9.18 Å². The Morgan fingerprint density at radius 3 is 2.88 bits per heavy atom. The van der Waals surface area contributed by atoms with Crippen LogP contribution in [0.5, 0.6) is 0 Å². The van der Waals surface area contributed by atoms with E-state index in [2.05, 4.69) is 20.6 Å². The molecule has 4 rings (SSSR count). The van der Waals surface area contributed by atoms with Crippen LogP contribution in [0.3, 0.4) is 0 Å². The van der Waals surface area contributed by atoms with Crippen molar-refractivity contribution < 1.29 is 9.18 Å². The van der Waals surface area contributed by atoms with Gasteiger partial charge in [-0.2, -0.15) is 5.10 Å². The maximum Gasteiger partial charge on any atom is 0.257 e. The van der Waals surface area contributed by atoms with Crippen LogP contribution in [0.2, 0.25) is 0 Å². The van der Waals surface area contributed by atoms with Crippen LogP contribution in [0.4, 0.5) is 10.1 Å². The van der Waals surface area contributed by atoms with E-state index in [0.717, 1.165) is 0 Å². The molecular formula is C16H11FN6O. The molecule has 3 heterocycles. The smallest absolute Gasteiger partial charge is 0.257 e. The fourth-order valence-corrected chi connectivity index (χ4v) is 2.32. The molecule has 0 saturated carbocycles. The largest absolute Gasteiger partial charge is 0.319 e. The number of benzene rings is 1. The van der Waals surface area contributed by atoms with Crippen LogP contribution in [-0.2, 0) is 0 Å². The number of aromatic nitrogens is 5. The zero-order valence-corrected chi connectivity index (χ0v) is 12.3. The predicted molar refractivity (Wildman–Crippen MR) is 84.5 cm³/mol. The highest BCUT2D eigenvalue weighted by atomic mass is 19.1. The predicted octanol–water partition coefficient (Wildman–Crippen LogP) is 2.31. The van der Waals surface area contributed by atoms with Crippen molar-refractivity contribution in [3.05, 3.63) is 72.7 Å². The first-order chi connectivity index (χ1) is 11.7. The number of carbonyl (C=O) groups excluding carboxylic acids is 1. The number of fused-ring (bicyclic) bond motifs is 1. The number of carbonyl (C=O) groups is 1. The van der Waals surface area contributed by atoms with Gasteiger partial charge in [0.25, 0.3) is 5.91 Å². The summed E-state index contributed by atoms with van der Waals surface area (Å²) < 4.78 is 16.8. The molecule has 8 heteroatoms. The maximum absolute atomic E-state index is 13.8. The summed E-state index contributed by atoms with van der Waals surface area (Å²) in [4.78, 5) is 12.3. The summed E-state index contributed by atoms with van der Waals surface area (Å²) in [6, 6.07) is 9.63. The minimum absolute atomic E-state index is 0.307. The molecule has 24 heavy (non-hydrogen) atoms. The molecule has 1 amide bonds. The van der Waals surface area contributed by atoms with Gasteiger partial charge in [-0.25, -0.2) is 9.07 Å². The zero-order chi connectivity index (χ0) is 16.5. The van der Waals surface area contributed by atoms with Gasteiger partial charge in [-0.1, -0.05) is 12.1 Å². The Hall–Kier alpha value is -3.55. The van der Waals surface area contributed by atoms with Gasteiger partial charge in [-0.3, -0.25) is 9.20 Å². The van der Waals surface area contributed by atoms with E-state index in [0.29, 0.717) is 22.6 Å². The number of rotatable bonds is 3. The summed E-state index contributed by atoms with van der Waals surface area (Å²) in [6.45, 7) is 0. The molecule has 3 aromatic heterocycles. The van der Waals surface area contributed by atoms with E-state index in [1.165, 1.54) is 23.3 Å². The lowest BCUT2D eigenvalue weighted by Gasteiger charge is -2.03. The fourth-order valence-electron chi connectivity index (χ4n) is 2.32. The molecule has 1 aromatic carbocycles. The topological polar surface area (TPSA) is 77.1 Å². The van der Waals surface area contributed by atoms with Crippen LogP contribution in [-0.4, -0.2) is 30.3 Å². The van der Waals surface area contributed by atoms with E-state index in [1.807, 2.05) is 0 Å². The molecule has 0 aliphatic heterocycles. The first-order valence-corrected chi connectivity index (χ1v) is 7.11. The SMILES string of the molecule is O=C(Nc1cnn(-c2ccccc2F)c1)c1ccc2nncn2c1. The zero-order valence-electron chi connectivity index (χ0n) is 12.3. The van der Waals surface area contributed by atoms with E-state index < -0.39 is 5.82 Å². The standard InChI is InChI=1S/C16H11FN6O/c17-13-3-1-2-4-14(13)23-9-12(7-19-23)20-16(24)11-5-6-15-21-18-10-22(15)8-11/h1-10H,(H,20,24). The van der Waals surface area contributed by atoms with Crippen molar-refractivity contribution in [2.24, 2.45) is 0 Å². The lowest BCUT2D eigenvalue weighted by atomic mass is 10.2. The Morgan fingerprint density at radius 2 is 2.00 bits per heavy atom. The molecule has 0 bridgehead atoms. The number of anilines is 1. The maximum atomic E-state index is 13.8. The molecule has 0 saturated heterocycles. The monoisotopic (exact) mass is 322 g/mol. The minimum atomic E-state index is -0.392. The van der Waals surface area contributed by atoms with Gasteiger partial charge in [0.2, 0.25) is 0 Å². The average molecular weight is 322 g/mol. The van der Waals surface area contributed by atoms with Crippen LogP contribution in [0.15, 0.2) is 61.3 Å². The Morgan fingerprint density at radius 1 is 1.12 bits per heavy atom. The fraction of sp³-hybridized carbons (Fsp3) is 0. The molecule has 0 aliphatic carbocycles. The van der Waals surface area contributed by atoms with Crippen LogP contribution >= 0.6 is 0 Å². The minimum Gasteiger partial charge on any atom is -0.319 e. The first-order valence-electron chi connectivity index (χ1n) is 7.11. The number of halogens is 1. The van der Waals surface area contributed by atoms with Gasteiger partial charge in [-0.05, 0) is 24.3 Å². The summed E-state index contributed by atoms with van der Waals surface area (Å²) in [7, 11) is 0. The van der Waals surface area contributed by atoms with Gasteiger partial charge < -0.3 is 5.32 Å². The van der Waals surface area contributed by atoms with Gasteiger partial charge in [0.1, 0.15) is 17.8 Å². The Bertz CT molecular complexity index is 1040. The molecule has 0 fully saturated rings. The van der Waals surface area contributed by atoms with Crippen molar-refractivity contribution in [3.8, 4) is 5.69 Å². The summed E-state index contributed by atoms with van der Waals surface area (Å²) in [6.07, 6.45) is 6.16. The molecule has 0 atom stereocenters. The third kappa shape index (κ3) is 2.50. The lowest BCUT2D eigenvalue weighted by Crippen LogP contribution is -2.12. The Labute approximate surface area is 135 Å². The van der Waals surface area contributed by atoms with Crippen molar-refractivity contribution in [2.45, 2.75) is 0 Å². The summed E-state index contributed by atoms with van der Waals surface area (Å²) in [5.74, 6) is -0.699. The number of amides is 1. The number of para-hydroxylation sites is 1. The molecular weight excluding hydrogens is 311 g/mol. The van der Waals surface area contributed by atoms with Crippen LogP contribution in [0, 0.1) is 5.82 Å². The lowest BCUT2D eigenvalue weighted by molar-refractivity contribution is 0.102. The van der Waals surface area contributed by atoms with Gasteiger partial charge in [0.15, 0.2) is 5.65 Å². The molecule has 1 N–H and O–H groups in total. The van der Waals surface area contributed by atoms with E-state index in [1.54, 1.807) is 47.1 Å². The third-order valence-electron chi connectivity index (χ3n) is 3.49. The van der Waals surface area contributed by atoms with E-state index >= 15 is 0 Å². The molecule has 0 spiro atoms. The number of hydrogen-bond donors (Lipinski definition) is 1. The summed E-state index contributed by atoms with van der Waals surface area (Å²) in [5.41, 5.74) is 1.87. The third-order valence-corrected chi connectivity index (χ3v) is 3.49. The highest BCUT2D eigenvalue weighted by Crippen LogP contribution is 2.15. The van der Waals surface area contributed by atoms with E-state index in [-0.39, 0.29) is 5.91 Å². The van der Waals surface area contributed by atoms with Crippen molar-refractivity contribution >= 4 is 17.2 Å². The molecule has 0 unspecified atom stereocenters. The second-order valence-corrected chi connectivity index (χ2v) is 5.09. The van der Waals surface area contributed by atoms with Gasteiger partial charge >= 0.3 is 0 Å². The molecule has 118 valence electrons. The number of nitrogens with zero attached hydrogens (tertiary/aromatic N) is 5. The molecule has 4 aromatic rings. The van der Waals surface area contributed by atoms with Crippen molar-refractivity contribution in [1.29, 1.82) is 0 Å². The Balaban J connectivity index is 1.57. The second kappa shape index (κ2) is 5.58. The van der Waals surface area contributed by atoms with E-state index in [4.69, 9.17) is 0 Å². The highest BCUT2D eigenvalue weighted by Gasteiger charge is 2.10. The number of pyridine rings is 1. The van der Waals surface area contributed by atoms with Crippen LogP contribution in [0.25, 0.3) is 11.3 Å². The summed E-state index contributed by atoms with van der Waals surface area (Å²) >= 11 is 0. The van der Waals surface area contributed by atoms with Crippen molar-refractivity contribution in [2.75, 3.05) is 5.32 Å². The van der Waals surface area contributed by atoms with Crippen LogP contribution < -0.4 is 5.32 Å². The van der Waals surface area contributed by atoms with Gasteiger partial charge in [0.05, 0.1) is 23.6 Å².